The highest BCUT2D eigenvalue weighted by atomic mass is 16.1. The lowest BCUT2D eigenvalue weighted by molar-refractivity contribution is 0.353. The van der Waals surface area contributed by atoms with Crippen LogP contribution >= 0.6 is 0 Å². The van der Waals surface area contributed by atoms with E-state index < -0.39 is 0 Å². The minimum absolute atomic E-state index is 0.00863. The average molecular weight is 363 g/mol. The quantitative estimate of drug-likeness (QED) is 0.702. The Hall–Kier alpha value is -3.21. The summed E-state index contributed by atoms with van der Waals surface area (Å²) in [6.45, 7) is 4.87. The van der Waals surface area contributed by atoms with Crippen LogP contribution in [0.1, 0.15) is 25.5 Å². The molecule has 1 fully saturated rings. The molecule has 0 unspecified atom stereocenters. The second-order valence-electron chi connectivity index (χ2n) is 6.75. The van der Waals surface area contributed by atoms with Crippen molar-refractivity contribution in [3.05, 3.63) is 46.9 Å². The molecule has 4 rings (SSSR count). The predicted octanol–water partition coefficient (Wildman–Crippen LogP) is 1.80. The maximum Gasteiger partial charge on any atom is 0.330 e. The summed E-state index contributed by atoms with van der Waals surface area (Å²) in [4.78, 5) is 27.8. The first-order chi connectivity index (χ1) is 13.2. The van der Waals surface area contributed by atoms with Gasteiger partial charge in [-0.15, -0.1) is 0 Å². The van der Waals surface area contributed by atoms with Gasteiger partial charge in [-0.05, 0) is 37.8 Å². The molecule has 0 spiro atoms. The summed E-state index contributed by atoms with van der Waals surface area (Å²) in [5, 5.41) is 9.23. The van der Waals surface area contributed by atoms with Gasteiger partial charge in [0.05, 0.1) is 5.52 Å². The van der Waals surface area contributed by atoms with Gasteiger partial charge in [0.1, 0.15) is 6.07 Å². The molecule has 3 aromatic heterocycles. The van der Waals surface area contributed by atoms with E-state index in [-0.39, 0.29) is 5.69 Å². The first kappa shape index (κ1) is 17.2. The van der Waals surface area contributed by atoms with Gasteiger partial charge in [0.25, 0.3) is 0 Å². The molecule has 0 atom stereocenters. The van der Waals surface area contributed by atoms with Crippen molar-refractivity contribution >= 4 is 17.0 Å². The van der Waals surface area contributed by atoms with Gasteiger partial charge in [-0.2, -0.15) is 5.26 Å². The number of nitriles is 1. The number of hydrogen-bond donors (Lipinski definition) is 0. The lowest BCUT2D eigenvalue weighted by atomic mass is 9.96. The summed E-state index contributed by atoms with van der Waals surface area (Å²) in [6.07, 6.45) is 6.75. The Balaban J connectivity index is 1.52. The molecule has 0 radical (unpaired) electrons. The average Bonchev–Trinajstić information content (AvgIpc) is 2.99. The minimum atomic E-state index is 0.00863. The normalized spacial score (nSPS) is 15.2. The zero-order valence-corrected chi connectivity index (χ0v) is 15.2. The fourth-order valence-corrected chi connectivity index (χ4v) is 3.84. The number of hydrogen-bond acceptors (Lipinski definition) is 6. The second-order valence-corrected chi connectivity index (χ2v) is 6.75. The van der Waals surface area contributed by atoms with E-state index in [9.17, 15) is 10.1 Å². The Bertz CT molecular complexity index is 1050. The summed E-state index contributed by atoms with van der Waals surface area (Å²) >= 11 is 0. The van der Waals surface area contributed by atoms with Crippen LogP contribution in [0.25, 0.3) is 11.2 Å². The number of pyridine rings is 1. The van der Waals surface area contributed by atoms with Gasteiger partial charge in [0, 0.05) is 44.8 Å². The van der Waals surface area contributed by atoms with Crippen LogP contribution in [-0.2, 0) is 13.1 Å². The summed E-state index contributed by atoms with van der Waals surface area (Å²) in [7, 11) is 0. The molecular formula is C19H21N7O. The largest absolute Gasteiger partial charge is 0.354 e. The lowest BCUT2D eigenvalue weighted by Crippen LogP contribution is -2.37. The smallest absolute Gasteiger partial charge is 0.330 e. The van der Waals surface area contributed by atoms with E-state index in [1.807, 2.05) is 23.6 Å². The Morgan fingerprint density at radius 1 is 1.15 bits per heavy atom. The first-order valence-electron chi connectivity index (χ1n) is 9.23. The van der Waals surface area contributed by atoms with Gasteiger partial charge in [-0.3, -0.25) is 9.13 Å². The van der Waals surface area contributed by atoms with Gasteiger partial charge in [-0.25, -0.2) is 19.7 Å². The molecule has 0 aromatic carbocycles. The topological polar surface area (TPSA) is 92.6 Å². The SMILES string of the molecule is CCn1c(=O)n(CC2CCN(c3nccnc3C#N)CC2)c2ncccc21. The van der Waals surface area contributed by atoms with Crippen molar-refractivity contribution in [3.63, 3.8) is 0 Å². The molecule has 1 aliphatic heterocycles. The summed E-state index contributed by atoms with van der Waals surface area (Å²) in [5.41, 5.74) is 2.02. The van der Waals surface area contributed by atoms with Crippen molar-refractivity contribution < 1.29 is 0 Å². The van der Waals surface area contributed by atoms with E-state index in [1.165, 1.54) is 6.20 Å². The minimum Gasteiger partial charge on any atom is -0.354 e. The molecule has 4 heterocycles. The van der Waals surface area contributed by atoms with Crippen molar-refractivity contribution in [1.82, 2.24) is 24.1 Å². The van der Waals surface area contributed by atoms with Gasteiger partial charge in [-0.1, -0.05) is 0 Å². The highest BCUT2D eigenvalue weighted by Crippen LogP contribution is 2.25. The number of imidazole rings is 1. The number of nitrogens with zero attached hydrogens (tertiary/aromatic N) is 7. The van der Waals surface area contributed by atoms with Crippen LogP contribution in [0.5, 0.6) is 0 Å². The number of aryl methyl sites for hydroxylation is 1. The van der Waals surface area contributed by atoms with Gasteiger partial charge in [0.2, 0.25) is 0 Å². The van der Waals surface area contributed by atoms with Crippen molar-refractivity contribution in [3.8, 4) is 6.07 Å². The van der Waals surface area contributed by atoms with Crippen LogP contribution in [0, 0.1) is 17.2 Å². The Kier molecular flexibility index (Phi) is 4.59. The fourth-order valence-electron chi connectivity index (χ4n) is 3.84. The molecule has 0 amide bonds. The summed E-state index contributed by atoms with van der Waals surface area (Å²) in [6, 6.07) is 5.92. The predicted molar refractivity (Wildman–Crippen MR) is 101 cm³/mol. The van der Waals surface area contributed by atoms with E-state index >= 15 is 0 Å². The maximum absolute atomic E-state index is 12.8. The molecule has 3 aromatic rings. The van der Waals surface area contributed by atoms with Crippen molar-refractivity contribution in [1.29, 1.82) is 5.26 Å². The van der Waals surface area contributed by atoms with E-state index in [1.54, 1.807) is 17.0 Å². The molecule has 1 aliphatic rings. The Morgan fingerprint density at radius 2 is 1.93 bits per heavy atom. The van der Waals surface area contributed by atoms with Crippen molar-refractivity contribution in [2.75, 3.05) is 18.0 Å². The number of fused-ring (bicyclic) bond motifs is 1. The molecule has 27 heavy (non-hydrogen) atoms. The Morgan fingerprint density at radius 3 is 2.67 bits per heavy atom. The second kappa shape index (κ2) is 7.19. The fraction of sp³-hybridized carbons (Fsp3) is 0.421. The molecule has 138 valence electrons. The van der Waals surface area contributed by atoms with E-state index in [0.717, 1.165) is 37.1 Å². The molecular weight excluding hydrogens is 342 g/mol. The van der Waals surface area contributed by atoms with Crippen LogP contribution in [0.15, 0.2) is 35.5 Å². The third-order valence-corrected chi connectivity index (χ3v) is 5.23. The zero-order valence-electron chi connectivity index (χ0n) is 15.2. The molecule has 0 saturated carbocycles. The summed E-state index contributed by atoms with van der Waals surface area (Å²) < 4.78 is 3.58. The molecule has 8 heteroatoms. The molecule has 8 nitrogen and oxygen atoms in total. The standard InChI is InChI=1S/C19H21N7O/c1-2-25-16-4-3-7-22-18(16)26(19(25)27)13-14-5-10-24(11-6-14)17-15(12-20)21-8-9-23-17/h3-4,7-9,14H,2,5-6,10-11,13H2,1H3. The van der Waals surface area contributed by atoms with Crippen LogP contribution < -0.4 is 10.6 Å². The van der Waals surface area contributed by atoms with E-state index in [4.69, 9.17) is 0 Å². The van der Waals surface area contributed by atoms with Crippen LogP contribution in [0.3, 0.4) is 0 Å². The van der Waals surface area contributed by atoms with Gasteiger partial charge in [0.15, 0.2) is 17.2 Å². The van der Waals surface area contributed by atoms with E-state index in [0.29, 0.717) is 30.5 Å². The number of aromatic nitrogens is 5. The third kappa shape index (κ3) is 3.05. The van der Waals surface area contributed by atoms with E-state index in [2.05, 4.69) is 25.9 Å². The van der Waals surface area contributed by atoms with Gasteiger partial charge < -0.3 is 4.90 Å². The molecule has 1 saturated heterocycles. The van der Waals surface area contributed by atoms with Crippen LogP contribution in [0.4, 0.5) is 5.82 Å². The molecule has 0 aliphatic carbocycles. The number of anilines is 1. The summed E-state index contributed by atoms with van der Waals surface area (Å²) in [5.74, 6) is 1.04. The zero-order chi connectivity index (χ0) is 18.8. The molecule has 0 N–H and O–H groups in total. The highest BCUT2D eigenvalue weighted by Gasteiger charge is 2.24. The Labute approximate surface area is 156 Å². The third-order valence-electron chi connectivity index (χ3n) is 5.23. The lowest BCUT2D eigenvalue weighted by Gasteiger charge is -2.32. The highest BCUT2D eigenvalue weighted by molar-refractivity contribution is 5.71. The number of rotatable bonds is 4. The monoisotopic (exact) mass is 363 g/mol. The van der Waals surface area contributed by atoms with Crippen molar-refractivity contribution in [2.45, 2.75) is 32.9 Å². The maximum atomic E-state index is 12.8. The van der Waals surface area contributed by atoms with Crippen LogP contribution in [0.2, 0.25) is 0 Å². The first-order valence-corrected chi connectivity index (χ1v) is 9.23. The van der Waals surface area contributed by atoms with Crippen LogP contribution in [-0.4, -0.2) is 37.2 Å². The van der Waals surface area contributed by atoms with Gasteiger partial charge >= 0.3 is 5.69 Å². The van der Waals surface area contributed by atoms with Crippen molar-refractivity contribution in [2.24, 2.45) is 5.92 Å². The molecule has 0 bridgehead atoms. The number of piperidine rings is 1.